The van der Waals surface area contributed by atoms with Gasteiger partial charge in [0, 0.05) is 24.1 Å². The van der Waals surface area contributed by atoms with Crippen molar-refractivity contribution >= 4 is 5.91 Å². The zero-order valence-electron chi connectivity index (χ0n) is 18.0. The molecule has 2 aromatic heterocycles. The molecule has 0 spiro atoms. The number of aromatic nitrogens is 2. The first-order valence-corrected chi connectivity index (χ1v) is 10.9. The summed E-state index contributed by atoms with van der Waals surface area (Å²) in [5, 5.41) is 0. The van der Waals surface area contributed by atoms with Gasteiger partial charge in [-0.15, -0.1) is 0 Å². The lowest BCUT2D eigenvalue weighted by atomic mass is 10.0. The maximum absolute atomic E-state index is 13.6. The molecule has 2 aliphatic heterocycles. The zero-order chi connectivity index (χ0) is 21.4. The summed E-state index contributed by atoms with van der Waals surface area (Å²) in [7, 11) is 0. The van der Waals surface area contributed by atoms with Gasteiger partial charge in [-0.3, -0.25) is 9.78 Å². The van der Waals surface area contributed by atoms with Gasteiger partial charge in [-0.05, 0) is 62.6 Å². The fourth-order valence-corrected chi connectivity index (χ4v) is 4.69. The molecule has 0 aliphatic carbocycles. The van der Waals surface area contributed by atoms with Gasteiger partial charge in [0.25, 0.3) is 5.91 Å². The van der Waals surface area contributed by atoms with Crippen LogP contribution < -0.4 is 9.47 Å². The van der Waals surface area contributed by atoms with E-state index in [4.69, 9.17) is 9.47 Å². The highest BCUT2D eigenvalue weighted by Gasteiger charge is 2.33. The first kappa shape index (κ1) is 19.7. The van der Waals surface area contributed by atoms with Gasteiger partial charge in [-0.2, -0.15) is 0 Å². The Labute approximate surface area is 182 Å². The predicted octanol–water partition coefficient (Wildman–Crippen LogP) is 4.30. The lowest BCUT2D eigenvalue weighted by Crippen LogP contribution is -2.31. The molecule has 0 bridgehead atoms. The number of aryl methyl sites for hydroxylation is 1. The van der Waals surface area contributed by atoms with Crippen LogP contribution in [-0.2, 0) is 6.54 Å². The van der Waals surface area contributed by atoms with Gasteiger partial charge in [0.15, 0.2) is 11.5 Å². The van der Waals surface area contributed by atoms with Crippen LogP contribution in [-0.4, -0.2) is 40.1 Å². The number of ether oxygens (including phenoxy) is 2. The minimum atomic E-state index is 0.0576. The van der Waals surface area contributed by atoms with Crippen molar-refractivity contribution in [2.75, 3.05) is 19.8 Å². The summed E-state index contributed by atoms with van der Waals surface area (Å²) in [5.74, 6) is 1.65. The number of rotatable bonds is 4. The first-order valence-electron chi connectivity index (χ1n) is 10.9. The van der Waals surface area contributed by atoms with Crippen molar-refractivity contribution < 1.29 is 14.3 Å². The van der Waals surface area contributed by atoms with Gasteiger partial charge < -0.3 is 18.9 Å². The number of fused-ring (bicyclic) bond motifs is 1. The van der Waals surface area contributed by atoms with Crippen LogP contribution in [0.2, 0.25) is 0 Å². The summed E-state index contributed by atoms with van der Waals surface area (Å²) < 4.78 is 13.6. The van der Waals surface area contributed by atoms with Crippen LogP contribution in [0.25, 0.3) is 0 Å². The zero-order valence-corrected chi connectivity index (χ0v) is 18.0. The summed E-state index contributed by atoms with van der Waals surface area (Å²) in [6.07, 6.45) is 3.76. The second-order valence-corrected chi connectivity index (χ2v) is 8.25. The number of pyridine rings is 1. The average Bonchev–Trinajstić information content (AvgIpc) is 3.40. The molecule has 0 N–H and O–H groups in total. The van der Waals surface area contributed by atoms with Gasteiger partial charge >= 0.3 is 0 Å². The van der Waals surface area contributed by atoms with Gasteiger partial charge in [-0.25, -0.2) is 0 Å². The number of amides is 1. The topological polar surface area (TPSA) is 56.6 Å². The smallest absolute Gasteiger partial charge is 0.256 e. The van der Waals surface area contributed by atoms with Crippen LogP contribution in [0.4, 0.5) is 0 Å². The summed E-state index contributed by atoms with van der Waals surface area (Å²) in [6.45, 7) is 6.65. The van der Waals surface area contributed by atoms with Crippen LogP contribution in [0.5, 0.6) is 11.5 Å². The highest BCUT2D eigenvalue weighted by Crippen LogP contribution is 2.39. The molecule has 6 nitrogen and oxygen atoms in total. The monoisotopic (exact) mass is 417 g/mol. The number of carbonyl (C=O) groups is 1. The number of hydrogen-bond donors (Lipinski definition) is 0. The predicted molar refractivity (Wildman–Crippen MR) is 118 cm³/mol. The molecule has 0 radical (unpaired) electrons. The van der Waals surface area contributed by atoms with Crippen LogP contribution in [0.1, 0.15) is 51.9 Å². The standard InChI is InChI=1S/C25H27N3O3/c1-17-14-21(18(2)28(17)16-20-6-3-4-10-26-20)25(29)27-11-5-7-22(27)19-8-9-23-24(15-19)31-13-12-30-23/h3-4,6,8-10,14-15,22H,5,7,11-13,16H2,1-2H3/t22-/m0/s1. The quantitative estimate of drug-likeness (QED) is 0.635. The molecule has 31 heavy (non-hydrogen) atoms. The van der Waals surface area contributed by atoms with Crippen LogP contribution in [0.15, 0.2) is 48.7 Å². The average molecular weight is 418 g/mol. The lowest BCUT2D eigenvalue weighted by Gasteiger charge is -2.27. The number of benzene rings is 1. The fourth-order valence-electron chi connectivity index (χ4n) is 4.69. The maximum atomic E-state index is 13.6. The van der Waals surface area contributed by atoms with E-state index in [1.807, 2.05) is 48.2 Å². The number of likely N-dealkylation sites (tertiary alicyclic amines) is 1. The molecule has 4 heterocycles. The Bertz CT molecular complexity index is 1110. The molecule has 1 aromatic carbocycles. The Kier molecular flexibility index (Phi) is 5.14. The van der Waals surface area contributed by atoms with E-state index in [1.54, 1.807) is 6.20 Å². The van der Waals surface area contributed by atoms with Gasteiger partial charge in [-0.1, -0.05) is 12.1 Å². The molecular formula is C25H27N3O3. The minimum absolute atomic E-state index is 0.0576. The number of nitrogens with zero attached hydrogens (tertiary/aromatic N) is 3. The van der Waals surface area contributed by atoms with E-state index in [-0.39, 0.29) is 11.9 Å². The molecule has 0 saturated carbocycles. The van der Waals surface area contributed by atoms with Crippen molar-refractivity contribution in [3.05, 3.63) is 76.9 Å². The number of hydrogen-bond acceptors (Lipinski definition) is 4. The second kappa shape index (κ2) is 8.10. The molecule has 5 rings (SSSR count). The largest absolute Gasteiger partial charge is 0.486 e. The molecule has 160 valence electrons. The Morgan fingerprint density at radius 1 is 1.10 bits per heavy atom. The first-order chi connectivity index (χ1) is 15.1. The van der Waals surface area contributed by atoms with Crippen molar-refractivity contribution in [3.63, 3.8) is 0 Å². The van der Waals surface area contributed by atoms with Gasteiger partial charge in [0.1, 0.15) is 13.2 Å². The van der Waals surface area contributed by atoms with Crippen molar-refractivity contribution in [2.45, 2.75) is 39.3 Å². The third-order valence-corrected chi connectivity index (χ3v) is 6.31. The van der Waals surface area contributed by atoms with Crippen molar-refractivity contribution in [1.29, 1.82) is 0 Å². The van der Waals surface area contributed by atoms with E-state index in [0.717, 1.165) is 59.1 Å². The molecule has 2 aliphatic rings. The van der Waals surface area contributed by atoms with Gasteiger partial charge in [0.05, 0.1) is 23.8 Å². The number of carbonyl (C=O) groups excluding carboxylic acids is 1. The normalized spacial score (nSPS) is 17.7. The Morgan fingerprint density at radius 2 is 1.94 bits per heavy atom. The van der Waals surface area contributed by atoms with E-state index in [1.165, 1.54) is 0 Å². The molecule has 1 atom stereocenters. The highest BCUT2D eigenvalue weighted by molar-refractivity contribution is 5.96. The summed E-state index contributed by atoms with van der Waals surface area (Å²) in [5.41, 5.74) is 4.93. The SMILES string of the molecule is Cc1cc(C(=O)N2CCC[C@H]2c2ccc3c(c2)OCCO3)c(C)n1Cc1ccccn1. The van der Waals surface area contributed by atoms with E-state index < -0.39 is 0 Å². The van der Waals surface area contributed by atoms with Crippen molar-refractivity contribution in [2.24, 2.45) is 0 Å². The molecule has 1 fully saturated rings. The van der Waals surface area contributed by atoms with Gasteiger partial charge in [0.2, 0.25) is 0 Å². The Morgan fingerprint density at radius 3 is 2.74 bits per heavy atom. The fraction of sp³-hybridized carbons (Fsp3) is 0.360. The maximum Gasteiger partial charge on any atom is 0.256 e. The third kappa shape index (κ3) is 3.67. The molecule has 3 aromatic rings. The second-order valence-electron chi connectivity index (χ2n) is 8.25. The molecule has 1 amide bonds. The van der Waals surface area contributed by atoms with E-state index in [0.29, 0.717) is 19.8 Å². The summed E-state index contributed by atoms with van der Waals surface area (Å²) in [6, 6.07) is 14.1. The summed E-state index contributed by atoms with van der Waals surface area (Å²) in [4.78, 5) is 20.0. The van der Waals surface area contributed by atoms with E-state index in [2.05, 4.69) is 22.5 Å². The van der Waals surface area contributed by atoms with Crippen LogP contribution in [0.3, 0.4) is 0 Å². The third-order valence-electron chi connectivity index (χ3n) is 6.31. The molecule has 6 heteroatoms. The Hall–Kier alpha value is -3.28. The van der Waals surface area contributed by atoms with Crippen molar-refractivity contribution in [3.8, 4) is 11.5 Å². The molecule has 0 unspecified atom stereocenters. The van der Waals surface area contributed by atoms with Crippen LogP contribution in [0, 0.1) is 13.8 Å². The van der Waals surface area contributed by atoms with Crippen LogP contribution >= 0.6 is 0 Å². The highest BCUT2D eigenvalue weighted by atomic mass is 16.6. The molecular weight excluding hydrogens is 390 g/mol. The van der Waals surface area contributed by atoms with Crippen molar-refractivity contribution in [1.82, 2.24) is 14.5 Å². The van der Waals surface area contributed by atoms with E-state index in [9.17, 15) is 4.79 Å². The Balaban J connectivity index is 1.41. The minimum Gasteiger partial charge on any atom is -0.486 e. The van der Waals surface area contributed by atoms with E-state index >= 15 is 0 Å². The summed E-state index contributed by atoms with van der Waals surface area (Å²) >= 11 is 0. The molecule has 1 saturated heterocycles. The lowest BCUT2D eigenvalue weighted by molar-refractivity contribution is 0.0734.